The molecule has 1 aromatic carbocycles. The Morgan fingerprint density at radius 1 is 1.53 bits per heavy atom. The zero-order valence-electron chi connectivity index (χ0n) is 7.21. The molecule has 1 rings (SSSR count). The summed E-state index contributed by atoms with van der Waals surface area (Å²) in [5.74, 6) is 0.259. The molecule has 0 aromatic heterocycles. The smallest absolute Gasteiger partial charge is 0.240 e. The van der Waals surface area contributed by atoms with Crippen LogP contribution >= 0.6 is 34.8 Å². The van der Waals surface area contributed by atoms with Gasteiger partial charge >= 0.3 is 0 Å². The van der Waals surface area contributed by atoms with Crippen LogP contribution in [0.2, 0.25) is 5.02 Å². The highest BCUT2D eigenvalue weighted by atomic mass is 35.5. The maximum absolute atomic E-state index is 10.0. The fourth-order valence-corrected chi connectivity index (χ4v) is 1.10. The minimum Gasteiger partial charge on any atom is -0.443 e. The Morgan fingerprint density at radius 2 is 2.27 bits per heavy atom. The number of halogens is 3. The van der Waals surface area contributed by atoms with E-state index in [9.17, 15) is 4.79 Å². The second-order valence-corrected chi connectivity index (χ2v) is 3.33. The molecule has 0 atom stereocenters. The topological polar surface area (TPSA) is 38.7 Å². The number of hydrogen-bond donors (Lipinski definition) is 0. The van der Waals surface area contributed by atoms with Crippen molar-refractivity contribution in [3.05, 3.63) is 34.0 Å². The summed E-state index contributed by atoms with van der Waals surface area (Å²) >= 11 is 16.7. The predicted molar refractivity (Wildman–Crippen MR) is 59.7 cm³/mol. The molecule has 0 radical (unpaired) electrons. The Kier molecular flexibility index (Phi) is 4.66. The molecule has 0 amide bonds. The van der Waals surface area contributed by atoms with Gasteiger partial charge in [0.05, 0.1) is 16.2 Å². The highest BCUT2D eigenvalue weighted by Gasteiger charge is 2.04. The summed E-state index contributed by atoms with van der Waals surface area (Å²) in [6, 6.07) is 4.50. The highest BCUT2D eigenvalue weighted by Crippen LogP contribution is 2.31. The normalized spacial score (nSPS) is 10.7. The fraction of sp³-hybridized carbons (Fsp3) is 0. The first-order valence-electron chi connectivity index (χ1n) is 3.68. The van der Waals surface area contributed by atoms with E-state index in [4.69, 9.17) is 39.5 Å². The molecule has 0 aliphatic heterocycles. The van der Waals surface area contributed by atoms with Gasteiger partial charge in [0.2, 0.25) is 11.3 Å². The van der Waals surface area contributed by atoms with Gasteiger partial charge in [0.1, 0.15) is 5.75 Å². The molecule has 78 valence electrons. The van der Waals surface area contributed by atoms with Crippen molar-refractivity contribution in [3.63, 3.8) is 0 Å². The summed E-state index contributed by atoms with van der Waals surface area (Å²) in [6.07, 6.45) is 1.40. The van der Waals surface area contributed by atoms with Crippen LogP contribution in [-0.4, -0.2) is 6.08 Å². The maximum Gasteiger partial charge on any atom is 0.240 e. The first-order chi connectivity index (χ1) is 7.17. The Morgan fingerprint density at radius 3 is 2.87 bits per heavy atom. The van der Waals surface area contributed by atoms with E-state index >= 15 is 0 Å². The lowest BCUT2D eigenvalue weighted by molar-refractivity contribution is 0.464. The van der Waals surface area contributed by atoms with Crippen LogP contribution in [-0.2, 0) is 4.79 Å². The van der Waals surface area contributed by atoms with Gasteiger partial charge < -0.3 is 4.74 Å². The van der Waals surface area contributed by atoms with Crippen LogP contribution in [0.1, 0.15) is 0 Å². The van der Waals surface area contributed by atoms with Gasteiger partial charge in [-0.2, -0.15) is 4.99 Å². The average Bonchev–Trinajstić information content (AvgIpc) is 2.23. The number of benzene rings is 1. The van der Waals surface area contributed by atoms with E-state index in [1.165, 1.54) is 18.2 Å². The Bertz CT molecular complexity index is 439. The van der Waals surface area contributed by atoms with E-state index in [-0.39, 0.29) is 11.0 Å². The molecule has 0 saturated carbocycles. The summed E-state index contributed by atoms with van der Waals surface area (Å²) in [7, 11) is 0. The first kappa shape index (κ1) is 12.1. The van der Waals surface area contributed by atoms with Gasteiger partial charge in [-0.05, 0) is 23.7 Å². The van der Waals surface area contributed by atoms with Crippen molar-refractivity contribution in [2.45, 2.75) is 0 Å². The highest BCUT2D eigenvalue weighted by molar-refractivity contribution is 6.36. The van der Waals surface area contributed by atoms with E-state index in [0.717, 1.165) is 5.54 Å². The van der Waals surface area contributed by atoms with E-state index in [0.29, 0.717) is 10.7 Å². The van der Waals surface area contributed by atoms with Crippen LogP contribution in [0.5, 0.6) is 5.75 Å². The number of carbonyl (C=O) groups excluding carboxylic acids is 1. The molecule has 0 unspecified atom stereocenters. The van der Waals surface area contributed by atoms with Gasteiger partial charge in [0, 0.05) is 6.07 Å². The summed E-state index contributed by atoms with van der Waals surface area (Å²) in [6.45, 7) is 0. The summed E-state index contributed by atoms with van der Waals surface area (Å²) in [5.41, 5.74) is 1.41. The molecule has 0 spiro atoms. The second kappa shape index (κ2) is 5.79. The van der Waals surface area contributed by atoms with Crippen molar-refractivity contribution in [1.29, 1.82) is 0 Å². The quantitative estimate of drug-likeness (QED) is 0.471. The molecule has 6 heteroatoms. The van der Waals surface area contributed by atoms with Gasteiger partial charge in [-0.25, -0.2) is 4.79 Å². The largest absolute Gasteiger partial charge is 0.443 e. The Labute approximate surface area is 101 Å². The lowest BCUT2D eigenvalue weighted by Gasteiger charge is -2.05. The van der Waals surface area contributed by atoms with Gasteiger partial charge in [0.25, 0.3) is 0 Å². The first-order valence-corrected chi connectivity index (χ1v) is 4.87. The van der Waals surface area contributed by atoms with Crippen molar-refractivity contribution >= 4 is 46.6 Å². The monoisotopic (exact) mass is 263 g/mol. The van der Waals surface area contributed by atoms with Crippen molar-refractivity contribution in [2.75, 3.05) is 0 Å². The van der Waals surface area contributed by atoms with Crippen LogP contribution in [0.4, 0.5) is 5.69 Å². The molecule has 0 saturated heterocycles. The third-order valence-corrected chi connectivity index (χ3v) is 2.19. The molecule has 1 aromatic rings. The molecule has 15 heavy (non-hydrogen) atoms. The van der Waals surface area contributed by atoms with E-state index in [1.807, 2.05) is 0 Å². The number of hydrogen-bond acceptors (Lipinski definition) is 3. The number of nitrogens with zero attached hydrogens (tertiary/aromatic N) is 1. The van der Waals surface area contributed by atoms with E-state index < -0.39 is 0 Å². The Balaban J connectivity index is 3.05. The van der Waals surface area contributed by atoms with Crippen molar-refractivity contribution in [2.24, 2.45) is 4.99 Å². The van der Waals surface area contributed by atoms with Crippen LogP contribution < -0.4 is 4.74 Å². The van der Waals surface area contributed by atoms with Crippen LogP contribution in [0.15, 0.2) is 33.9 Å². The molecule has 0 fully saturated rings. The molecule has 0 N–H and O–H groups in total. The zero-order valence-corrected chi connectivity index (χ0v) is 9.47. The van der Waals surface area contributed by atoms with Crippen LogP contribution in [0, 0.1) is 0 Å². The van der Waals surface area contributed by atoms with Gasteiger partial charge in [-0.1, -0.05) is 23.2 Å². The zero-order chi connectivity index (χ0) is 11.3. The fourth-order valence-electron chi connectivity index (χ4n) is 0.820. The molecule has 3 nitrogen and oxygen atoms in total. The number of ether oxygens (including phenoxy) is 1. The minimum absolute atomic E-state index is 0.0363. The van der Waals surface area contributed by atoms with Crippen LogP contribution in [0.25, 0.3) is 0 Å². The maximum atomic E-state index is 10.0. The van der Waals surface area contributed by atoms with Gasteiger partial charge in [-0.15, -0.1) is 0 Å². The van der Waals surface area contributed by atoms with E-state index in [1.54, 1.807) is 6.07 Å². The minimum atomic E-state index is -0.0363. The van der Waals surface area contributed by atoms with Crippen molar-refractivity contribution < 1.29 is 9.53 Å². The van der Waals surface area contributed by atoms with Crippen LogP contribution in [0.3, 0.4) is 0 Å². The SMILES string of the molecule is O=C=Nc1ccc(Cl)c(OC(Cl)=CCl)c1. The second-order valence-electron chi connectivity index (χ2n) is 2.33. The lowest BCUT2D eigenvalue weighted by atomic mass is 10.3. The molecule has 0 bridgehead atoms. The lowest BCUT2D eigenvalue weighted by Crippen LogP contribution is -1.87. The van der Waals surface area contributed by atoms with E-state index in [2.05, 4.69) is 4.99 Å². The predicted octanol–water partition coefficient (Wildman–Crippen LogP) is 3.96. The van der Waals surface area contributed by atoms with Gasteiger partial charge in [-0.3, -0.25) is 0 Å². The third-order valence-electron chi connectivity index (χ3n) is 1.38. The summed E-state index contributed by atoms with van der Waals surface area (Å²) in [4.78, 5) is 13.4. The molecular formula is C9H4Cl3NO2. The summed E-state index contributed by atoms with van der Waals surface area (Å²) in [5, 5.41) is 0.294. The summed E-state index contributed by atoms with van der Waals surface area (Å²) < 4.78 is 5.05. The number of rotatable bonds is 3. The molecule has 0 aliphatic carbocycles. The average molecular weight is 264 g/mol. The van der Waals surface area contributed by atoms with Gasteiger partial charge in [0.15, 0.2) is 0 Å². The van der Waals surface area contributed by atoms with Crippen molar-refractivity contribution in [3.8, 4) is 5.75 Å². The van der Waals surface area contributed by atoms with Crippen molar-refractivity contribution in [1.82, 2.24) is 0 Å². The molecule has 0 heterocycles. The third kappa shape index (κ3) is 3.57. The standard InChI is InChI=1S/C9H4Cl3NO2/c10-4-9(12)15-8-3-6(13-5-14)1-2-7(8)11/h1-4H. The number of isocyanates is 1. The Hall–Kier alpha value is -0.990. The molecular weight excluding hydrogens is 260 g/mol. The number of aliphatic imine (C=N–C) groups is 1. The molecule has 0 aliphatic rings.